The van der Waals surface area contributed by atoms with Crippen LogP contribution in [0, 0.1) is 0 Å². The van der Waals surface area contributed by atoms with E-state index in [9.17, 15) is 9.59 Å². The molecule has 3 heterocycles. The van der Waals surface area contributed by atoms with E-state index in [1.165, 1.54) is 16.4 Å². The van der Waals surface area contributed by atoms with E-state index in [1.54, 1.807) is 24.1 Å². The summed E-state index contributed by atoms with van der Waals surface area (Å²) in [6.45, 7) is 2.13. The molecule has 2 aliphatic heterocycles. The third-order valence-electron chi connectivity index (χ3n) is 4.91. The van der Waals surface area contributed by atoms with Crippen LogP contribution >= 0.6 is 11.5 Å². The molecule has 0 aliphatic carbocycles. The first-order valence-corrected chi connectivity index (χ1v) is 9.70. The molecule has 8 nitrogen and oxygen atoms in total. The summed E-state index contributed by atoms with van der Waals surface area (Å²) in [5.74, 6) is 0.528. The second kappa shape index (κ2) is 7.61. The van der Waals surface area contributed by atoms with Crippen molar-refractivity contribution in [3.63, 3.8) is 0 Å². The van der Waals surface area contributed by atoms with Gasteiger partial charge >= 0.3 is 6.03 Å². The Balaban J connectivity index is 1.39. The lowest BCUT2D eigenvalue weighted by atomic mass is 10.0. The summed E-state index contributed by atoms with van der Waals surface area (Å²) in [5.41, 5.74) is 0.631. The molecule has 3 amide bonds. The number of piperidine rings is 1. The van der Waals surface area contributed by atoms with Gasteiger partial charge in [0.25, 0.3) is 5.91 Å². The fraction of sp³-hybridized carbons (Fsp3) is 0.444. The van der Waals surface area contributed by atoms with E-state index in [4.69, 9.17) is 4.74 Å². The standard InChI is InChI=1S/C18H21N5O3S/c1-26-12-15-19-17(27-20-15)21-9-7-13(8-10-21)22-11-16(24)23(18(22)25)14-5-3-2-4-6-14/h2-6,13H,7-12H2,1H3. The van der Waals surface area contributed by atoms with Crippen molar-refractivity contribution in [1.29, 1.82) is 0 Å². The number of rotatable bonds is 5. The number of hydrogen-bond acceptors (Lipinski definition) is 7. The van der Waals surface area contributed by atoms with E-state index in [-0.39, 0.29) is 24.5 Å². The summed E-state index contributed by atoms with van der Waals surface area (Å²) >= 11 is 1.37. The van der Waals surface area contributed by atoms with E-state index in [0.29, 0.717) is 18.1 Å². The number of nitrogens with zero attached hydrogens (tertiary/aromatic N) is 5. The highest BCUT2D eigenvalue weighted by atomic mass is 32.1. The van der Waals surface area contributed by atoms with Crippen LogP contribution in [-0.4, -0.2) is 59.0 Å². The number of carbonyl (C=O) groups is 2. The molecule has 9 heteroatoms. The summed E-state index contributed by atoms with van der Waals surface area (Å²) in [7, 11) is 1.62. The van der Waals surface area contributed by atoms with E-state index in [1.807, 2.05) is 18.2 Å². The van der Waals surface area contributed by atoms with Crippen molar-refractivity contribution in [2.24, 2.45) is 0 Å². The number of benzene rings is 1. The fourth-order valence-corrected chi connectivity index (χ4v) is 4.29. The lowest BCUT2D eigenvalue weighted by Gasteiger charge is -2.35. The Morgan fingerprint density at radius 3 is 2.63 bits per heavy atom. The molecule has 1 aromatic heterocycles. The highest BCUT2D eigenvalue weighted by Gasteiger charge is 2.41. The van der Waals surface area contributed by atoms with E-state index >= 15 is 0 Å². The maximum Gasteiger partial charge on any atom is 0.332 e. The molecule has 0 saturated carbocycles. The molecule has 0 radical (unpaired) electrons. The van der Waals surface area contributed by atoms with Crippen LogP contribution in [0.3, 0.4) is 0 Å². The van der Waals surface area contributed by atoms with Crippen molar-refractivity contribution < 1.29 is 14.3 Å². The third-order valence-corrected chi connectivity index (χ3v) is 5.73. The Morgan fingerprint density at radius 2 is 1.93 bits per heavy atom. The summed E-state index contributed by atoms with van der Waals surface area (Å²) in [6.07, 6.45) is 1.61. The number of para-hydroxylation sites is 1. The monoisotopic (exact) mass is 387 g/mol. The van der Waals surface area contributed by atoms with Crippen LogP contribution in [-0.2, 0) is 16.1 Å². The third kappa shape index (κ3) is 3.52. The maximum atomic E-state index is 12.8. The van der Waals surface area contributed by atoms with Crippen molar-refractivity contribution in [2.75, 3.05) is 36.5 Å². The van der Waals surface area contributed by atoms with E-state index in [2.05, 4.69) is 14.3 Å². The minimum Gasteiger partial charge on any atom is -0.377 e. The molecular formula is C18H21N5O3S. The molecule has 1 aromatic carbocycles. The second-order valence-corrected chi connectivity index (χ2v) is 7.35. The molecule has 0 atom stereocenters. The van der Waals surface area contributed by atoms with Gasteiger partial charge in [0, 0.05) is 37.8 Å². The average molecular weight is 387 g/mol. The first-order chi connectivity index (χ1) is 13.2. The van der Waals surface area contributed by atoms with Gasteiger partial charge in [-0.3, -0.25) is 4.79 Å². The number of imide groups is 1. The maximum absolute atomic E-state index is 12.8. The molecular weight excluding hydrogens is 366 g/mol. The van der Waals surface area contributed by atoms with Gasteiger partial charge in [-0.2, -0.15) is 4.37 Å². The quantitative estimate of drug-likeness (QED) is 0.732. The zero-order valence-corrected chi connectivity index (χ0v) is 15.9. The van der Waals surface area contributed by atoms with Crippen molar-refractivity contribution >= 4 is 34.3 Å². The van der Waals surface area contributed by atoms with Crippen LogP contribution < -0.4 is 9.80 Å². The van der Waals surface area contributed by atoms with Crippen LogP contribution in [0.5, 0.6) is 0 Å². The Bertz CT molecular complexity index is 819. The molecule has 142 valence electrons. The van der Waals surface area contributed by atoms with Gasteiger partial charge in [0.15, 0.2) is 5.82 Å². The Labute approximate surface area is 161 Å². The molecule has 0 unspecified atom stereocenters. The predicted molar refractivity (Wildman–Crippen MR) is 102 cm³/mol. The number of hydrogen-bond donors (Lipinski definition) is 0. The van der Waals surface area contributed by atoms with Crippen molar-refractivity contribution in [2.45, 2.75) is 25.5 Å². The van der Waals surface area contributed by atoms with Gasteiger partial charge in [-0.05, 0) is 25.0 Å². The first kappa shape index (κ1) is 17.9. The number of ether oxygens (including phenoxy) is 1. The van der Waals surface area contributed by atoms with Crippen LogP contribution in [0.2, 0.25) is 0 Å². The van der Waals surface area contributed by atoms with E-state index in [0.717, 1.165) is 31.1 Å². The summed E-state index contributed by atoms with van der Waals surface area (Å²) in [6, 6.07) is 8.95. The predicted octanol–water partition coefficient (Wildman–Crippen LogP) is 2.12. The normalized spacial score (nSPS) is 18.6. The topological polar surface area (TPSA) is 78.9 Å². The lowest BCUT2D eigenvalue weighted by molar-refractivity contribution is -0.116. The molecule has 2 aromatic rings. The zero-order chi connectivity index (χ0) is 18.8. The van der Waals surface area contributed by atoms with Crippen LogP contribution in [0.4, 0.5) is 15.6 Å². The molecule has 0 bridgehead atoms. The number of urea groups is 1. The van der Waals surface area contributed by atoms with Gasteiger partial charge in [-0.25, -0.2) is 14.7 Å². The number of anilines is 2. The lowest BCUT2D eigenvalue weighted by Crippen LogP contribution is -2.46. The molecule has 0 spiro atoms. The van der Waals surface area contributed by atoms with E-state index < -0.39 is 0 Å². The largest absolute Gasteiger partial charge is 0.377 e. The minimum absolute atomic E-state index is 0.0674. The molecule has 2 saturated heterocycles. The fourth-order valence-electron chi connectivity index (χ4n) is 3.57. The molecule has 4 rings (SSSR count). The number of carbonyl (C=O) groups excluding carboxylic acids is 2. The Kier molecular flexibility index (Phi) is 5.04. The smallest absolute Gasteiger partial charge is 0.332 e. The van der Waals surface area contributed by atoms with Gasteiger partial charge in [0.1, 0.15) is 13.2 Å². The van der Waals surface area contributed by atoms with Gasteiger partial charge in [-0.1, -0.05) is 18.2 Å². The van der Waals surface area contributed by atoms with Crippen molar-refractivity contribution in [1.82, 2.24) is 14.3 Å². The van der Waals surface area contributed by atoms with Crippen LogP contribution in [0.15, 0.2) is 30.3 Å². The molecule has 2 fully saturated rings. The van der Waals surface area contributed by atoms with Crippen molar-refractivity contribution in [3.05, 3.63) is 36.2 Å². The van der Waals surface area contributed by atoms with Crippen molar-refractivity contribution in [3.8, 4) is 0 Å². The van der Waals surface area contributed by atoms with Gasteiger partial charge in [0.05, 0.1) is 5.69 Å². The highest BCUT2D eigenvalue weighted by molar-refractivity contribution is 7.09. The summed E-state index contributed by atoms with van der Waals surface area (Å²) in [4.78, 5) is 34.9. The first-order valence-electron chi connectivity index (χ1n) is 8.92. The van der Waals surface area contributed by atoms with Gasteiger partial charge < -0.3 is 14.5 Å². The molecule has 0 N–H and O–H groups in total. The number of methoxy groups -OCH3 is 1. The Hall–Kier alpha value is -2.52. The van der Waals surface area contributed by atoms with Crippen LogP contribution in [0.25, 0.3) is 0 Å². The number of aromatic nitrogens is 2. The average Bonchev–Trinajstić information content (AvgIpc) is 3.27. The van der Waals surface area contributed by atoms with Crippen LogP contribution in [0.1, 0.15) is 18.7 Å². The summed E-state index contributed by atoms with van der Waals surface area (Å²) in [5, 5.41) is 0.884. The Morgan fingerprint density at radius 1 is 1.19 bits per heavy atom. The summed E-state index contributed by atoms with van der Waals surface area (Å²) < 4.78 is 9.36. The number of amides is 3. The zero-order valence-electron chi connectivity index (χ0n) is 15.1. The van der Waals surface area contributed by atoms with Gasteiger partial charge in [-0.15, -0.1) is 0 Å². The molecule has 2 aliphatic rings. The minimum atomic E-state index is -0.219. The van der Waals surface area contributed by atoms with Gasteiger partial charge in [0.2, 0.25) is 5.13 Å². The second-order valence-electron chi connectivity index (χ2n) is 6.62. The SMILES string of the molecule is COCc1nsc(N2CCC(N3CC(=O)N(c4ccccc4)C3=O)CC2)n1. The highest BCUT2D eigenvalue weighted by Crippen LogP contribution is 2.28. The molecule has 27 heavy (non-hydrogen) atoms.